The summed E-state index contributed by atoms with van der Waals surface area (Å²) in [7, 11) is 0. The van der Waals surface area contributed by atoms with Crippen molar-refractivity contribution < 1.29 is 10.2 Å². The van der Waals surface area contributed by atoms with Gasteiger partial charge in [0.05, 0.1) is 11.7 Å². The topological polar surface area (TPSA) is 40.5 Å². The SMILES string of the molecule is C=C1CC[C@H](O)CC1=C/C=C1\CCC[C@@]2(C)[C@@H]([C@@H](C)CCCC(C)(C)O)CC[C@@H]12. The fourth-order valence-corrected chi connectivity index (χ4v) is 6.67. The highest BCUT2D eigenvalue weighted by Crippen LogP contribution is 2.60. The molecule has 0 heterocycles. The largest absolute Gasteiger partial charge is 0.393 e. The van der Waals surface area contributed by atoms with Gasteiger partial charge < -0.3 is 10.2 Å². The summed E-state index contributed by atoms with van der Waals surface area (Å²) in [4.78, 5) is 0. The zero-order valence-electron chi connectivity index (χ0n) is 19.3. The van der Waals surface area contributed by atoms with Crippen LogP contribution in [0.15, 0.2) is 35.5 Å². The second kappa shape index (κ2) is 9.10. The van der Waals surface area contributed by atoms with Gasteiger partial charge in [0.2, 0.25) is 0 Å². The Bertz CT molecular complexity index is 650. The Morgan fingerprint density at radius 2 is 1.97 bits per heavy atom. The smallest absolute Gasteiger partial charge is 0.0591 e. The third kappa shape index (κ3) is 5.44. The lowest BCUT2D eigenvalue weighted by Gasteiger charge is -2.44. The Labute approximate surface area is 179 Å². The second-order valence-electron chi connectivity index (χ2n) is 11.2. The van der Waals surface area contributed by atoms with Crippen LogP contribution in [0.5, 0.6) is 0 Å². The molecule has 164 valence electrons. The summed E-state index contributed by atoms with van der Waals surface area (Å²) in [5.74, 6) is 2.26. The lowest BCUT2D eigenvalue weighted by Crippen LogP contribution is -2.36. The number of hydrogen-bond donors (Lipinski definition) is 2. The summed E-state index contributed by atoms with van der Waals surface area (Å²) in [6.45, 7) is 13.1. The predicted molar refractivity (Wildman–Crippen MR) is 123 cm³/mol. The molecule has 3 saturated carbocycles. The molecular formula is C27H44O2. The van der Waals surface area contributed by atoms with Crippen LogP contribution in [0.4, 0.5) is 0 Å². The molecule has 0 unspecified atom stereocenters. The number of fused-ring (bicyclic) bond motifs is 1. The van der Waals surface area contributed by atoms with Crippen molar-refractivity contribution in [2.45, 2.75) is 110 Å². The quantitative estimate of drug-likeness (QED) is 0.518. The van der Waals surface area contributed by atoms with E-state index in [-0.39, 0.29) is 6.10 Å². The number of rotatable bonds is 6. The first-order valence-corrected chi connectivity index (χ1v) is 12.1. The van der Waals surface area contributed by atoms with Crippen molar-refractivity contribution >= 4 is 0 Å². The second-order valence-corrected chi connectivity index (χ2v) is 11.2. The lowest BCUT2D eigenvalue weighted by molar-refractivity contribution is 0.0596. The van der Waals surface area contributed by atoms with Gasteiger partial charge in [0.15, 0.2) is 0 Å². The molecule has 0 aliphatic heterocycles. The molecule has 3 fully saturated rings. The molecule has 0 aromatic rings. The van der Waals surface area contributed by atoms with Gasteiger partial charge in [-0.2, -0.15) is 0 Å². The monoisotopic (exact) mass is 400 g/mol. The van der Waals surface area contributed by atoms with E-state index in [1.165, 1.54) is 49.7 Å². The maximum absolute atomic E-state index is 10.0. The van der Waals surface area contributed by atoms with Crippen molar-refractivity contribution in [2.75, 3.05) is 0 Å². The molecule has 0 aromatic carbocycles. The fraction of sp³-hybridized carbons (Fsp3) is 0.778. The highest BCUT2D eigenvalue weighted by atomic mass is 16.3. The zero-order chi connectivity index (χ0) is 21.2. The van der Waals surface area contributed by atoms with Crippen molar-refractivity contribution in [2.24, 2.45) is 23.2 Å². The maximum Gasteiger partial charge on any atom is 0.0591 e. The molecule has 5 atom stereocenters. The molecule has 3 aliphatic carbocycles. The molecule has 0 bridgehead atoms. The number of aliphatic hydroxyl groups excluding tert-OH is 1. The minimum atomic E-state index is -0.535. The lowest BCUT2D eigenvalue weighted by atomic mass is 9.60. The molecule has 2 nitrogen and oxygen atoms in total. The normalized spacial score (nSPS) is 37.2. The van der Waals surface area contributed by atoms with Crippen molar-refractivity contribution in [3.05, 3.63) is 35.5 Å². The predicted octanol–water partition coefficient (Wildman–Crippen LogP) is 6.73. The van der Waals surface area contributed by atoms with E-state index in [4.69, 9.17) is 0 Å². The van der Waals surface area contributed by atoms with Gasteiger partial charge in [-0.15, -0.1) is 0 Å². The Morgan fingerprint density at radius 3 is 2.69 bits per heavy atom. The Hall–Kier alpha value is -0.860. The van der Waals surface area contributed by atoms with Crippen LogP contribution in [0.3, 0.4) is 0 Å². The fourth-order valence-electron chi connectivity index (χ4n) is 6.67. The first-order valence-electron chi connectivity index (χ1n) is 12.1. The van der Waals surface area contributed by atoms with E-state index >= 15 is 0 Å². The van der Waals surface area contributed by atoms with Crippen LogP contribution >= 0.6 is 0 Å². The molecule has 3 rings (SSSR count). The van der Waals surface area contributed by atoms with Gasteiger partial charge in [-0.1, -0.05) is 56.6 Å². The van der Waals surface area contributed by atoms with Gasteiger partial charge in [-0.25, -0.2) is 0 Å². The average Bonchev–Trinajstić information content (AvgIpc) is 2.99. The van der Waals surface area contributed by atoms with Crippen molar-refractivity contribution in [1.82, 2.24) is 0 Å². The summed E-state index contributed by atoms with van der Waals surface area (Å²) in [6, 6.07) is 0. The molecule has 0 amide bonds. The van der Waals surface area contributed by atoms with Gasteiger partial charge in [0.25, 0.3) is 0 Å². The van der Waals surface area contributed by atoms with E-state index in [9.17, 15) is 10.2 Å². The minimum absolute atomic E-state index is 0.192. The summed E-state index contributed by atoms with van der Waals surface area (Å²) >= 11 is 0. The van der Waals surface area contributed by atoms with Crippen molar-refractivity contribution in [3.8, 4) is 0 Å². The molecule has 2 N–H and O–H groups in total. The molecule has 3 aliphatic rings. The minimum Gasteiger partial charge on any atom is -0.393 e. The highest BCUT2D eigenvalue weighted by Gasteiger charge is 2.50. The van der Waals surface area contributed by atoms with Gasteiger partial charge >= 0.3 is 0 Å². The van der Waals surface area contributed by atoms with Gasteiger partial charge in [-0.3, -0.25) is 0 Å². The molecular weight excluding hydrogens is 356 g/mol. The third-order valence-corrected chi connectivity index (χ3v) is 8.36. The summed E-state index contributed by atoms with van der Waals surface area (Å²) in [6.07, 6.45) is 16.9. The summed E-state index contributed by atoms with van der Waals surface area (Å²) in [5.41, 5.74) is 4.02. The first kappa shape index (κ1) is 22.8. The average molecular weight is 401 g/mol. The zero-order valence-corrected chi connectivity index (χ0v) is 19.3. The van der Waals surface area contributed by atoms with Gasteiger partial charge in [0.1, 0.15) is 0 Å². The Morgan fingerprint density at radius 1 is 1.21 bits per heavy atom. The highest BCUT2D eigenvalue weighted by molar-refractivity contribution is 5.36. The van der Waals surface area contributed by atoms with E-state index in [0.29, 0.717) is 5.41 Å². The van der Waals surface area contributed by atoms with Crippen LogP contribution in [0.25, 0.3) is 0 Å². The van der Waals surface area contributed by atoms with E-state index < -0.39 is 5.60 Å². The van der Waals surface area contributed by atoms with Crippen LogP contribution in [0.2, 0.25) is 0 Å². The maximum atomic E-state index is 10.0. The first-order chi connectivity index (χ1) is 13.6. The van der Waals surface area contributed by atoms with Crippen LogP contribution in [-0.2, 0) is 0 Å². The Balaban J connectivity index is 1.68. The van der Waals surface area contributed by atoms with E-state index in [2.05, 4.69) is 32.6 Å². The Kier molecular flexibility index (Phi) is 7.16. The van der Waals surface area contributed by atoms with Crippen LogP contribution in [0.1, 0.15) is 98.3 Å². The molecule has 0 saturated heterocycles. The van der Waals surface area contributed by atoms with Crippen LogP contribution in [0, 0.1) is 23.2 Å². The van der Waals surface area contributed by atoms with Gasteiger partial charge in [0, 0.05) is 0 Å². The number of hydrogen-bond acceptors (Lipinski definition) is 2. The molecule has 2 heteroatoms. The molecule has 0 radical (unpaired) electrons. The molecule has 0 spiro atoms. The number of allylic oxidation sites excluding steroid dienone is 4. The third-order valence-electron chi connectivity index (χ3n) is 8.36. The van der Waals surface area contributed by atoms with Crippen molar-refractivity contribution in [1.29, 1.82) is 0 Å². The summed E-state index contributed by atoms with van der Waals surface area (Å²) in [5, 5.41) is 20.1. The van der Waals surface area contributed by atoms with E-state index in [0.717, 1.165) is 49.9 Å². The van der Waals surface area contributed by atoms with Crippen LogP contribution < -0.4 is 0 Å². The van der Waals surface area contributed by atoms with Crippen LogP contribution in [-0.4, -0.2) is 21.9 Å². The van der Waals surface area contributed by atoms with E-state index in [1.54, 1.807) is 5.57 Å². The standard InChI is InChI=1S/C27H44O2/c1-19-10-13-23(28)18-22(19)12-11-21-9-7-17-27(5)24(14-15-25(21)27)20(2)8-6-16-26(3,4)29/h11-12,20,23-25,28-29H,1,6-10,13-18H2,2-5H3/b21-11+,22-12?/t20-,23-,24+,25-,27-/m0/s1. The molecule has 0 aromatic heterocycles. The summed E-state index contributed by atoms with van der Waals surface area (Å²) < 4.78 is 0. The molecule has 29 heavy (non-hydrogen) atoms. The number of aliphatic hydroxyl groups is 2. The van der Waals surface area contributed by atoms with Crippen molar-refractivity contribution in [3.63, 3.8) is 0 Å². The van der Waals surface area contributed by atoms with Gasteiger partial charge in [-0.05, 0) is 100 Å². The van der Waals surface area contributed by atoms with E-state index in [1.807, 2.05) is 13.8 Å².